The number of nitrogens with zero attached hydrogens (tertiary/aromatic N) is 1. The van der Waals surface area contributed by atoms with E-state index < -0.39 is 0 Å². The molecule has 1 aromatic heterocycles. The van der Waals surface area contributed by atoms with Gasteiger partial charge in [0.15, 0.2) is 0 Å². The molecular weight excluding hydrogens is 163 g/mol. The average Bonchev–Trinajstić information content (AvgIpc) is 2.38. The fraction of sp³-hybridized carbons (Fsp3) is 0.286. The average molecular weight is 174 g/mol. The number of halogens is 1. The minimum atomic E-state index is -0.303. The Bertz CT molecular complexity index is 208. The second kappa shape index (κ2) is 6.21. The molecule has 4 nitrogen and oxygen atoms in total. The van der Waals surface area contributed by atoms with Gasteiger partial charge >= 0.3 is 0 Å². The van der Waals surface area contributed by atoms with Crippen molar-refractivity contribution in [3.8, 4) is 0 Å². The lowest BCUT2D eigenvalue weighted by Gasteiger charge is -1.81. The van der Waals surface area contributed by atoms with Crippen molar-refractivity contribution < 1.29 is 13.9 Å². The van der Waals surface area contributed by atoms with Crippen molar-refractivity contribution in [3.05, 3.63) is 24.3 Å². The van der Waals surface area contributed by atoms with Crippen LogP contribution in [0.1, 0.15) is 6.92 Å². The van der Waals surface area contributed by atoms with Crippen LogP contribution in [0.2, 0.25) is 0 Å². The predicted octanol–water partition coefficient (Wildman–Crippen LogP) is 0.520. The molecule has 0 aromatic carbocycles. The van der Waals surface area contributed by atoms with E-state index in [9.17, 15) is 9.18 Å². The molecule has 1 rings (SSSR count). The SMILES string of the molecule is CCOC=O.Nn1ccc(F)c1. The van der Waals surface area contributed by atoms with Gasteiger partial charge < -0.3 is 10.6 Å². The van der Waals surface area contributed by atoms with Gasteiger partial charge in [-0.15, -0.1) is 0 Å². The zero-order chi connectivity index (χ0) is 9.40. The van der Waals surface area contributed by atoms with E-state index in [0.717, 1.165) is 4.68 Å². The van der Waals surface area contributed by atoms with Crippen molar-refractivity contribution in [2.75, 3.05) is 12.4 Å². The highest BCUT2D eigenvalue weighted by molar-refractivity contribution is 5.36. The molecule has 68 valence electrons. The number of carbonyl (C=O) groups is 1. The second-order valence-electron chi connectivity index (χ2n) is 1.83. The van der Waals surface area contributed by atoms with E-state index in [4.69, 9.17) is 5.84 Å². The van der Waals surface area contributed by atoms with Crippen LogP contribution in [0.3, 0.4) is 0 Å². The number of hydrogen-bond acceptors (Lipinski definition) is 3. The Morgan fingerprint density at radius 3 is 2.58 bits per heavy atom. The molecule has 12 heavy (non-hydrogen) atoms. The summed E-state index contributed by atoms with van der Waals surface area (Å²) in [5.41, 5.74) is 0. The zero-order valence-electron chi connectivity index (χ0n) is 6.74. The fourth-order valence-corrected chi connectivity index (χ4v) is 0.454. The number of aromatic nitrogens is 1. The van der Waals surface area contributed by atoms with Gasteiger partial charge in [-0.3, -0.25) is 9.47 Å². The Hall–Kier alpha value is -1.52. The van der Waals surface area contributed by atoms with Crippen LogP contribution in [0.4, 0.5) is 4.39 Å². The largest absolute Gasteiger partial charge is 0.468 e. The molecule has 0 aliphatic rings. The Morgan fingerprint density at radius 1 is 1.83 bits per heavy atom. The van der Waals surface area contributed by atoms with Crippen molar-refractivity contribution in [2.45, 2.75) is 6.92 Å². The molecule has 0 bridgehead atoms. The number of nitrogens with two attached hydrogens (primary N) is 1. The van der Waals surface area contributed by atoms with E-state index >= 15 is 0 Å². The maximum Gasteiger partial charge on any atom is 0.293 e. The molecule has 0 amide bonds. The van der Waals surface area contributed by atoms with Gasteiger partial charge in [-0.2, -0.15) is 0 Å². The summed E-state index contributed by atoms with van der Waals surface area (Å²) >= 11 is 0. The van der Waals surface area contributed by atoms with Crippen LogP contribution in [0.5, 0.6) is 0 Å². The number of ether oxygens (including phenoxy) is 1. The van der Waals surface area contributed by atoms with Gasteiger partial charge in [0.1, 0.15) is 5.82 Å². The summed E-state index contributed by atoms with van der Waals surface area (Å²) in [6, 6.07) is 1.29. The maximum atomic E-state index is 11.8. The van der Waals surface area contributed by atoms with E-state index in [2.05, 4.69) is 4.74 Å². The normalized spacial score (nSPS) is 8.17. The Labute approximate surface area is 69.7 Å². The third-order valence-corrected chi connectivity index (χ3v) is 0.913. The van der Waals surface area contributed by atoms with Gasteiger partial charge in [-0.05, 0) is 13.0 Å². The molecule has 0 saturated heterocycles. The molecule has 5 heteroatoms. The lowest BCUT2D eigenvalue weighted by atomic mass is 10.6. The summed E-state index contributed by atoms with van der Waals surface area (Å²) in [6.45, 7) is 2.66. The molecular formula is C7H11FN2O2. The number of hydrogen-bond donors (Lipinski definition) is 1. The molecule has 0 atom stereocenters. The van der Waals surface area contributed by atoms with Gasteiger partial charge in [0.25, 0.3) is 6.47 Å². The summed E-state index contributed by atoms with van der Waals surface area (Å²) < 4.78 is 17.1. The topological polar surface area (TPSA) is 57.2 Å². The van der Waals surface area contributed by atoms with Gasteiger partial charge in [0.2, 0.25) is 0 Å². The lowest BCUT2D eigenvalue weighted by Crippen LogP contribution is -2.02. The van der Waals surface area contributed by atoms with Crippen molar-refractivity contribution >= 4 is 6.47 Å². The molecule has 0 radical (unpaired) electrons. The Balaban J connectivity index is 0.000000217. The van der Waals surface area contributed by atoms with Gasteiger partial charge in [0, 0.05) is 6.20 Å². The van der Waals surface area contributed by atoms with Crippen LogP contribution in [0.15, 0.2) is 18.5 Å². The summed E-state index contributed by atoms with van der Waals surface area (Å²) in [7, 11) is 0. The van der Waals surface area contributed by atoms with E-state index in [1.807, 2.05) is 0 Å². The van der Waals surface area contributed by atoms with Crippen LogP contribution in [0, 0.1) is 5.82 Å². The second-order valence-corrected chi connectivity index (χ2v) is 1.83. The standard InChI is InChI=1S/C4H5FN2.C3H6O2/c5-4-1-2-7(6)3-4;1-2-5-3-4/h1-3H,6H2;3H,2H2,1H3. The van der Waals surface area contributed by atoms with Gasteiger partial charge in [0.05, 0.1) is 12.8 Å². The molecule has 0 saturated carbocycles. The summed E-state index contributed by atoms with van der Waals surface area (Å²) in [6.07, 6.45) is 2.63. The van der Waals surface area contributed by atoms with Crippen LogP contribution < -0.4 is 5.84 Å². The lowest BCUT2D eigenvalue weighted by molar-refractivity contribution is -0.128. The highest BCUT2D eigenvalue weighted by atomic mass is 19.1. The number of nitrogen functional groups attached to an aromatic ring is 1. The first-order valence-corrected chi connectivity index (χ1v) is 3.34. The Kier molecular flexibility index (Phi) is 5.42. The van der Waals surface area contributed by atoms with Crippen LogP contribution in [-0.4, -0.2) is 17.8 Å². The number of carbonyl (C=O) groups excluding carboxylic acids is 1. The predicted molar refractivity (Wildman–Crippen MR) is 42.2 cm³/mol. The molecule has 1 aromatic rings. The minimum Gasteiger partial charge on any atom is -0.468 e. The quantitative estimate of drug-likeness (QED) is 0.525. The van der Waals surface area contributed by atoms with Gasteiger partial charge in [-0.25, -0.2) is 4.39 Å². The van der Waals surface area contributed by atoms with E-state index in [1.54, 1.807) is 6.92 Å². The monoisotopic (exact) mass is 174 g/mol. The summed E-state index contributed by atoms with van der Waals surface area (Å²) in [5.74, 6) is 4.75. The molecule has 0 aliphatic heterocycles. The fourth-order valence-electron chi connectivity index (χ4n) is 0.454. The van der Waals surface area contributed by atoms with E-state index in [1.165, 1.54) is 18.5 Å². The van der Waals surface area contributed by atoms with Crippen molar-refractivity contribution in [1.29, 1.82) is 0 Å². The summed E-state index contributed by atoms with van der Waals surface area (Å²) in [5, 5.41) is 0. The van der Waals surface area contributed by atoms with Crippen LogP contribution in [0.25, 0.3) is 0 Å². The smallest absolute Gasteiger partial charge is 0.293 e. The summed E-state index contributed by atoms with van der Waals surface area (Å²) in [4.78, 5) is 9.18. The van der Waals surface area contributed by atoms with Crippen molar-refractivity contribution in [2.24, 2.45) is 0 Å². The first-order valence-electron chi connectivity index (χ1n) is 3.34. The highest BCUT2D eigenvalue weighted by Crippen LogP contribution is 1.91. The molecule has 0 fully saturated rings. The molecule has 0 aliphatic carbocycles. The molecule has 2 N–H and O–H groups in total. The molecule has 0 unspecified atom stereocenters. The van der Waals surface area contributed by atoms with Gasteiger partial charge in [-0.1, -0.05) is 0 Å². The minimum absolute atomic E-state index is 0.303. The zero-order valence-corrected chi connectivity index (χ0v) is 6.74. The third kappa shape index (κ3) is 5.28. The van der Waals surface area contributed by atoms with E-state index in [0.29, 0.717) is 13.1 Å². The van der Waals surface area contributed by atoms with Crippen molar-refractivity contribution in [1.82, 2.24) is 4.68 Å². The van der Waals surface area contributed by atoms with Crippen LogP contribution in [-0.2, 0) is 9.53 Å². The Morgan fingerprint density at radius 2 is 2.50 bits per heavy atom. The maximum absolute atomic E-state index is 11.8. The highest BCUT2D eigenvalue weighted by Gasteiger charge is 1.85. The van der Waals surface area contributed by atoms with Crippen molar-refractivity contribution in [3.63, 3.8) is 0 Å². The number of rotatable bonds is 2. The molecule has 0 spiro atoms. The van der Waals surface area contributed by atoms with E-state index in [-0.39, 0.29) is 5.82 Å². The first kappa shape index (κ1) is 10.5. The first-order chi connectivity index (χ1) is 5.70. The van der Waals surface area contributed by atoms with Crippen LogP contribution >= 0.6 is 0 Å². The third-order valence-electron chi connectivity index (χ3n) is 0.913. The molecule has 1 heterocycles.